The van der Waals surface area contributed by atoms with Gasteiger partial charge in [-0.05, 0) is 27.8 Å². The zero-order valence-electron chi connectivity index (χ0n) is 13.5. The van der Waals surface area contributed by atoms with Crippen LogP contribution in [0.2, 0.25) is 0 Å². The summed E-state index contributed by atoms with van der Waals surface area (Å²) in [4.78, 5) is 11.9. The molecule has 2 N–H and O–H groups in total. The maximum absolute atomic E-state index is 13.9. The molecule has 0 aliphatic heterocycles. The highest BCUT2D eigenvalue weighted by molar-refractivity contribution is 5.96. The topological polar surface area (TPSA) is 43.1 Å². The van der Waals surface area contributed by atoms with Crippen molar-refractivity contribution in [3.8, 4) is 11.1 Å². The van der Waals surface area contributed by atoms with Crippen molar-refractivity contribution in [2.45, 2.75) is 30.4 Å². The van der Waals surface area contributed by atoms with Gasteiger partial charge in [0.1, 0.15) is 0 Å². The van der Waals surface area contributed by atoms with E-state index in [-0.39, 0.29) is 5.56 Å². The number of benzene rings is 2. The molecule has 1 unspecified atom stereocenters. The number of alkyl halides is 7. The van der Waals surface area contributed by atoms with Crippen molar-refractivity contribution in [3.63, 3.8) is 0 Å². The first-order chi connectivity index (χ1) is 12.4. The third-order valence-corrected chi connectivity index (χ3v) is 4.56. The third-order valence-electron chi connectivity index (χ3n) is 4.56. The van der Waals surface area contributed by atoms with Gasteiger partial charge in [0.05, 0.1) is 5.92 Å². The molecule has 0 radical (unpaired) electrons. The lowest BCUT2D eigenvalue weighted by Crippen LogP contribution is -2.53. The minimum atomic E-state index is -6.42. The van der Waals surface area contributed by atoms with Crippen molar-refractivity contribution in [1.82, 2.24) is 0 Å². The van der Waals surface area contributed by atoms with Gasteiger partial charge in [-0.2, -0.15) is 30.7 Å². The first-order valence-corrected chi connectivity index (χ1v) is 7.71. The number of amides is 1. The summed E-state index contributed by atoms with van der Waals surface area (Å²) in [5.74, 6) is -13.8. The van der Waals surface area contributed by atoms with Gasteiger partial charge >= 0.3 is 18.0 Å². The molecule has 27 heavy (non-hydrogen) atoms. The molecule has 0 aromatic heterocycles. The molecule has 0 heterocycles. The van der Waals surface area contributed by atoms with Crippen LogP contribution in [0.3, 0.4) is 0 Å². The summed E-state index contributed by atoms with van der Waals surface area (Å²) >= 11 is 0. The molecule has 3 rings (SSSR count). The summed E-state index contributed by atoms with van der Waals surface area (Å²) in [5, 5.41) is 0. The number of fused-ring (bicyclic) bond motifs is 3. The van der Waals surface area contributed by atoms with E-state index in [2.05, 4.69) is 0 Å². The summed E-state index contributed by atoms with van der Waals surface area (Å²) in [5.41, 5.74) is 5.99. The molecule has 1 aliphatic carbocycles. The molecule has 0 bridgehead atoms. The van der Waals surface area contributed by atoms with E-state index in [1.165, 1.54) is 18.2 Å². The summed E-state index contributed by atoms with van der Waals surface area (Å²) in [6, 6.07) is 10.0. The molecular weight excluding hydrogens is 379 g/mol. The van der Waals surface area contributed by atoms with E-state index in [4.69, 9.17) is 5.73 Å². The highest BCUT2D eigenvalue weighted by Crippen LogP contribution is 2.51. The largest absolute Gasteiger partial charge is 0.459 e. The number of carbonyl (C=O) groups is 1. The Bertz CT molecular complexity index is 905. The molecule has 2 nitrogen and oxygen atoms in total. The van der Waals surface area contributed by atoms with Crippen molar-refractivity contribution >= 4 is 5.91 Å². The summed E-state index contributed by atoms with van der Waals surface area (Å²) in [7, 11) is 0. The first kappa shape index (κ1) is 19.2. The minimum absolute atomic E-state index is 0.0659. The molecule has 0 fully saturated rings. The number of carbonyl (C=O) groups excluding carboxylic acids is 1. The fraction of sp³-hybridized carbons (Fsp3) is 0.278. The number of primary amides is 1. The van der Waals surface area contributed by atoms with E-state index in [0.717, 1.165) is 6.07 Å². The van der Waals surface area contributed by atoms with Crippen LogP contribution in [0.25, 0.3) is 11.1 Å². The van der Waals surface area contributed by atoms with Crippen molar-refractivity contribution in [1.29, 1.82) is 0 Å². The van der Waals surface area contributed by atoms with Crippen molar-refractivity contribution in [3.05, 3.63) is 59.2 Å². The normalized spacial score (nSPS) is 16.8. The van der Waals surface area contributed by atoms with Gasteiger partial charge in [0.15, 0.2) is 0 Å². The Morgan fingerprint density at radius 3 is 2.07 bits per heavy atom. The van der Waals surface area contributed by atoms with Crippen LogP contribution in [0.5, 0.6) is 0 Å². The van der Waals surface area contributed by atoms with Gasteiger partial charge in [0, 0.05) is 6.42 Å². The molecule has 9 heteroatoms. The van der Waals surface area contributed by atoms with Crippen LogP contribution in [-0.2, 0) is 11.2 Å². The Balaban J connectivity index is 2.13. The second-order valence-corrected chi connectivity index (χ2v) is 6.25. The standard InChI is InChI=1S/C18H12F7NO/c19-16(20,17(21,22)18(23,24)25)8-9-4-3-7-11-10-5-1-2-6-12(10)14(13(9)11)15(26)27/h1-7,14H,8H2,(H2,26,27). The van der Waals surface area contributed by atoms with E-state index in [1.807, 2.05) is 0 Å². The number of rotatable bonds is 4. The van der Waals surface area contributed by atoms with Crippen molar-refractivity contribution < 1.29 is 35.5 Å². The second kappa shape index (κ2) is 5.97. The van der Waals surface area contributed by atoms with E-state index in [0.29, 0.717) is 16.7 Å². The SMILES string of the molecule is NC(=O)C1c2ccccc2-c2cccc(CC(F)(F)C(F)(F)C(F)(F)F)c21. The van der Waals surface area contributed by atoms with Crippen molar-refractivity contribution in [2.75, 3.05) is 0 Å². The number of halogens is 7. The maximum Gasteiger partial charge on any atom is 0.459 e. The molecular formula is C18H12F7NO. The average Bonchev–Trinajstić information content (AvgIpc) is 2.89. The highest BCUT2D eigenvalue weighted by Gasteiger charge is 2.72. The zero-order chi connectivity index (χ0) is 20.2. The van der Waals surface area contributed by atoms with Gasteiger partial charge in [-0.15, -0.1) is 0 Å². The maximum atomic E-state index is 13.9. The lowest BCUT2D eigenvalue weighted by molar-refractivity contribution is -0.354. The molecule has 0 saturated carbocycles. The Hall–Kier alpha value is -2.58. The van der Waals surface area contributed by atoms with Gasteiger partial charge in [-0.3, -0.25) is 4.79 Å². The number of hydrogen-bond acceptors (Lipinski definition) is 1. The fourth-order valence-corrected chi connectivity index (χ4v) is 3.35. The summed E-state index contributed by atoms with van der Waals surface area (Å²) in [6.45, 7) is 0. The minimum Gasteiger partial charge on any atom is -0.369 e. The summed E-state index contributed by atoms with van der Waals surface area (Å²) in [6.07, 6.45) is -8.30. The monoisotopic (exact) mass is 391 g/mol. The molecule has 1 atom stereocenters. The quantitative estimate of drug-likeness (QED) is 0.757. The lowest BCUT2D eigenvalue weighted by Gasteiger charge is -2.29. The predicted molar refractivity (Wildman–Crippen MR) is 82.6 cm³/mol. The van der Waals surface area contributed by atoms with Crippen LogP contribution in [0, 0.1) is 0 Å². The number of nitrogens with two attached hydrogens (primary N) is 1. The molecule has 0 spiro atoms. The molecule has 0 saturated heterocycles. The van der Waals surface area contributed by atoms with Crippen LogP contribution < -0.4 is 5.73 Å². The Kier molecular flexibility index (Phi) is 4.24. The highest BCUT2D eigenvalue weighted by atomic mass is 19.4. The van der Waals surface area contributed by atoms with E-state index in [9.17, 15) is 35.5 Å². The smallest absolute Gasteiger partial charge is 0.369 e. The van der Waals surface area contributed by atoms with E-state index >= 15 is 0 Å². The molecule has 2 aromatic carbocycles. The predicted octanol–water partition coefficient (Wildman–Crippen LogP) is 4.66. The molecule has 1 amide bonds. The lowest BCUT2D eigenvalue weighted by atomic mass is 9.88. The van der Waals surface area contributed by atoms with Crippen LogP contribution >= 0.6 is 0 Å². The Labute approximate surface area is 148 Å². The van der Waals surface area contributed by atoms with Crippen LogP contribution in [0.15, 0.2) is 42.5 Å². The fourth-order valence-electron chi connectivity index (χ4n) is 3.35. The van der Waals surface area contributed by atoms with Crippen molar-refractivity contribution in [2.24, 2.45) is 5.73 Å². The van der Waals surface area contributed by atoms with E-state index < -0.39 is 41.8 Å². The van der Waals surface area contributed by atoms with Gasteiger partial charge in [0.25, 0.3) is 0 Å². The van der Waals surface area contributed by atoms with Crippen LogP contribution in [-0.4, -0.2) is 23.9 Å². The zero-order valence-corrected chi connectivity index (χ0v) is 13.5. The van der Waals surface area contributed by atoms with Gasteiger partial charge in [-0.1, -0.05) is 42.5 Å². The number of hydrogen-bond donors (Lipinski definition) is 1. The van der Waals surface area contributed by atoms with Gasteiger partial charge < -0.3 is 5.73 Å². The van der Waals surface area contributed by atoms with Gasteiger partial charge in [0.2, 0.25) is 5.91 Å². The molecule has 144 valence electrons. The Morgan fingerprint density at radius 1 is 0.889 bits per heavy atom. The molecule has 1 aliphatic rings. The third kappa shape index (κ3) is 2.85. The Morgan fingerprint density at radius 2 is 1.48 bits per heavy atom. The van der Waals surface area contributed by atoms with E-state index in [1.54, 1.807) is 18.2 Å². The van der Waals surface area contributed by atoms with Crippen LogP contribution in [0.4, 0.5) is 30.7 Å². The second-order valence-electron chi connectivity index (χ2n) is 6.25. The van der Waals surface area contributed by atoms with Gasteiger partial charge in [-0.25, -0.2) is 0 Å². The molecule has 2 aromatic rings. The van der Waals surface area contributed by atoms with Crippen LogP contribution in [0.1, 0.15) is 22.6 Å². The average molecular weight is 391 g/mol. The summed E-state index contributed by atoms with van der Waals surface area (Å²) < 4.78 is 91.7. The first-order valence-electron chi connectivity index (χ1n) is 7.71.